The lowest BCUT2D eigenvalue weighted by Crippen LogP contribution is -2.11. The van der Waals surface area contributed by atoms with Crippen LogP contribution in [0.4, 0.5) is 4.39 Å². The molecule has 0 aliphatic carbocycles. The lowest BCUT2D eigenvalue weighted by Gasteiger charge is -2.11. The van der Waals surface area contributed by atoms with Gasteiger partial charge >= 0.3 is 11.9 Å². The van der Waals surface area contributed by atoms with Crippen LogP contribution in [0.1, 0.15) is 56.7 Å². The zero-order chi connectivity index (χ0) is 32.7. The van der Waals surface area contributed by atoms with Crippen LogP contribution >= 0.6 is 0 Å². The van der Waals surface area contributed by atoms with E-state index in [9.17, 15) is 19.5 Å². The standard InChI is InChI=1S/C36H36FNO7/c1-22-19-23(2)36(24(3)20-22)45-18-6-5-17-44-28-12-8-26(9-13-28)7-10-27-11-14-29(37)34-33(30(39)15-16-31(40)41)25(4)38(35(27)34)21-32(42)43/h5-14,19-20H,15-18,21H2,1-4H3,(H,40,41)(H,42,43). The highest BCUT2D eigenvalue weighted by molar-refractivity contribution is 6.12. The largest absolute Gasteiger partial charge is 0.490 e. The Morgan fingerprint density at radius 3 is 2.09 bits per heavy atom. The molecule has 1 aromatic heterocycles. The maximum absolute atomic E-state index is 15.1. The molecule has 0 aliphatic rings. The number of carbonyl (C=O) groups excluding carboxylic acids is 1. The fraction of sp³-hybridized carbons (Fsp3) is 0.250. The van der Waals surface area contributed by atoms with Crippen molar-refractivity contribution in [3.63, 3.8) is 0 Å². The summed E-state index contributed by atoms with van der Waals surface area (Å²) in [7, 11) is 0. The molecule has 0 unspecified atom stereocenters. The van der Waals surface area contributed by atoms with Crippen molar-refractivity contribution in [3.05, 3.63) is 106 Å². The average Bonchev–Trinajstić information content (AvgIpc) is 3.27. The summed E-state index contributed by atoms with van der Waals surface area (Å²) in [6.07, 6.45) is 6.58. The zero-order valence-electron chi connectivity index (χ0n) is 25.7. The number of aryl methyl sites for hydroxylation is 3. The molecule has 1 heterocycles. The number of fused-ring (bicyclic) bond motifs is 1. The van der Waals surface area contributed by atoms with E-state index < -0.39 is 36.5 Å². The molecule has 0 atom stereocenters. The lowest BCUT2D eigenvalue weighted by atomic mass is 10.0. The number of aromatic nitrogens is 1. The molecule has 3 aromatic carbocycles. The molecule has 0 aliphatic heterocycles. The molecule has 234 valence electrons. The molecular weight excluding hydrogens is 577 g/mol. The van der Waals surface area contributed by atoms with Crippen molar-refractivity contribution in [2.75, 3.05) is 13.2 Å². The number of rotatable bonds is 14. The number of aliphatic carboxylic acids is 2. The third-order valence-electron chi connectivity index (χ3n) is 7.36. The van der Waals surface area contributed by atoms with Gasteiger partial charge in [0.05, 0.1) is 11.9 Å². The number of carboxylic acid groups (broad SMARTS) is 2. The van der Waals surface area contributed by atoms with Crippen molar-refractivity contribution >= 4 is 40.8 Å². The Morgan fingerprint density at radius 1 is 0.822 bits per heavy atom. The molecule has 8 nitrogen and oxygen atoms in total. The minimum absolute atomic E-state index is 0.00254. The molecular formula is C36H36FNO7. The second kappa shape index (κ2) is 14.5. The molecule has 0 amide bonds. The number of hydrogen-bond donors (Lipinski definition) is 2. The molecule has 45 heavy (non-hydrogen) atoms. The molecule has 0 saturated carbocycles. The maximum atomic E-state index is 15.1. The summed E-state index contributed by atoms with van der Waals surface area (Å²) in [5, 5.41) is 18.5. The molecule has 9 heteroatoms. The summed E-state index contributed by atoms with van der Waals surface area (Å²) in [5.74, 6) is -1.99. The van der Waals surface area contributed by atoms with E-state index in [1.165, 1.54) is 29.2 Å². The first-order valence-corrected chi connectivity index (χ1v) is 14.5. The van der Waals surface area contributed by atoms with E-state index in [1.54, 1.807) is 12.2 Å². The third kappa shape index (κ3) is 8.06. The molecule has 0 saturated heterocycles. The summed E-state index contributed by atoms with van der Waals surface area (Å²) in [5.41, 5.74) is 5.27. The van der Waals surface area contributed by atoms with Crippen molar-refractivity contribution in [1.29, 1.82) is 0 Å². The number of hydrogen-bond acceptors (Lipinski definition) is 5. The Morgan fingerprint density at radius 2 is 1.47 bits per heavy atom. The van der Waals surface area contributed by atoms with Gasteiger partial charge in [0.2, 0.25) is 0 Å². The predicted molar refractivity (Wildman–Crippen MR) is 172 cm³/mol. The molecule has 0 spiro atoms. The van der Waals surface area contributed by atoms with E-state index in [0.29, 0.717) is 24.5 Å². The first kappa shape index (κ1) is 32.7. The number of carboxylic acids is 2. The van der Waals surface area contributed by atoms with Gasteiger partial charge in [-0.15, -0.1) is 0 Å². The van der Waals surface area contributed by atoms with Crippen LogP contribution in [0.2, 0.25) is 0 Å². The maximum Gasteiger partial charge on any atom is 0.323 e. The average molecular weight is 614 g/mol. The Bertz CT molecular complexity index is 1780. The van der Waals surface area contributed by atoms with Gasteiger partial charge in [0.15, 0.2) is 5.78 Å². The fourth-order valence-corrected chi connectivity index (χ4v) is 5.42. The monoisotopic (exact) mass is 613 g/mol. The predicted octanol–water partition coefficient (Wildman–Crippen LogP) is 7.33. The van der Waals surface area contributed by atoms with Crippen LogP contribution in [-0.2, 0) is 16.1 Å². The quantitative estimate of drug-likeness (QED) is 0.0869. The van der Waals surface area contributed by atoms with E-state index in [-0.39, 0.29) is 28.6 Å². The van der Waals surface area contributed by atoms with Crippen LogP contribution in [0.3, 0.4) is 0 Å². The number of nitrogens with zero attached hydrogens (tertiary/aromatic N) is 1. The minimum atomic E-state index is -1.16. The van der Waals surface area contributed by atoms with Gasteiger partial charge in [-0.05, 0) is 86.4 Å². The second-order valence-corrected chi connectivity index (χ2v) is 10.8. The van der Waals surface area contributed by atoms with Gasteiger partial charge in [-0.25, -0.2) is 4.39 Å². The Balaban J connectivity index is 1.46. The summed E-state index contributed by atoms with van der Waals surface area (Å²) < 4.78 is 28.2. The number of carbonyl (C=O) groups is 3. The van der Waals surface area contributed by atoms with Crippen molar-refractivity contribution in [1.82, 2.24) is 4.57 Å². The fourth-order valence-electron chi connectivity index (χ4n) is 5.42. The summed E-state index contributed by atoms with van der Waals surface area (Å²) in [4.78, 5) is 35.6. The van der Waals surface area contributed by atoms with E-state index in [1.807, 2.05) is 50.3 Å². The van der Waals surface area contributed by atoms with Gasteiger partial charge in [-0.2, -0.15) is 0 Å². The van der Waals surface area contributed by atoms with E-state index >= 15 is 4.39 Å². The molecule has 0 bridgehead atoms. The summed E-state index contributed by atoms with van der Waals surface area (Å²) in [6, 6.07) is 14.3. The van der Waals surface area contributed by atoms with Gasteiger partial charge in [-0.1, -0.05) is 42.0 Å². The lowest BCUT2D eigenvalue weighted by molar-refractivity contribution is -0.138. The number of benzene rings is 3. The number of ketones is 1. The highest BCUT2D eigenvalue weighted by Crippen LogP contribution is 2.33. The van der Waals surface area contributed by atoms with Crippen molar-refractivity contribution < 1.29 is 38.5 Å². The first-order valence-electron chi connectivity index (χ1n) is 14.5. The molecule has 0 fully saturated rings. The Labute approximate surface area is 261 Å². The highest BCUT2D eigenvalue weighted by atomic mass is 19.1. The van der Waals surface area contributed by atoms with Crippen LogP contribution in [0.25, 0.3) is 23.1 Å². The molecule has 4 rings (SSSR count). The topological polar surface area (TPSA) is 115 Å². The van der Waals surface area contributed by atoms with Crippen molar-refractivity contribution in [3.8, 4) is 11.5 Å². The number of Topliss-reactive ketones (excluding diaryl/α,β-unsaturated/α-hetero) is 1. The third-order valence-corrected chi connectivity index (χ3v) is 7.36. The van der Waals surface area contributed by atoms with Crippen molar-refractivity contribution in [2.24, 2.45) is 0 Å². The SMILES string of the molecule is Cc1cc(C)c(OCC=CCOc2ccc(C=Cc3ccc(F)c4c(C(=O)CCC(=O)O)c(C)n(CC(=O)O)c34)cc2)c(C)c1. The summed E-state index contributed by atoms with van der Waals surface area (Å²) >= 11 is 0. The van der Waals surface area contributed by atoms with Crippen molar-refractivity contribution in [2.45, 2.75) is 47.1 Å². The van der Waals surface area contributed by atoms with Crippen LogP contribution in [-0.4, -0.2) is 45.7 Å². The Hall–Kier alpha value is -5.18. The first-order chi connectivity index (χ1) is 21.5. The minimum Gasteiger partial charge on any atom is -0.490 e. The van der Waals surface area contributed by atoms with Crippen LogP contribution in [0, 0.1) is 33.5 Å². The van der Waals surface area contributed by atoms with Gasteiger partial charge in [0, 0.05) is 23.1 Å². The van der Waals surface area contributed by atoms with Gasteiger partial charge in [0.1, 0.15) is 37.1 Å². The van der Waals surface area contributed by atoms with Gasteiger partial charge in [0.25, 0.3) is 0 Å². The van der Waals surface area contributed by atoms with Crippen LogP contribution < -0.4 is 9.47 Å². The van der Waals surface area contributed by atoms with E-state index in [0.717, 1.165) is 22.4 Å². The molecule has 0 radical (unpaired) electrons. The molecule has 4 aromatic rings. The smallest absolute Gasteiger partial charge is 0.323 e. The normalized spacial score (nSPS) is 11.5. The van der Waals surface area contributed by atoms with Gasteiger partial charge < -0.3 is 24.3 Å². The van der Waals surface area contributed by atoms with E-state index in [2.05, 4.69) is 19.1 Å². The molecule has 2 N–H and O–H groups in total. The van der Waals surface area contributed by atoms with E-state index in [4.69, 9.17) is 14.6 Å². The Kier molecular flexibility index (Phi) is 10.6. The summed E-state index contributed by atoms with van der Waals surface area (Å²) in [6.45, 7) is 7.97. The highest BCUT2D eigenvalue weighted by Gasteiger charge is 2.25. The van der Waals surface area contributed by atoms with Gasteiger partial charge in [-0.3, -0.25) is 14.4 Å². The number of halogens is 1. The van der Waals surface area contributed by atoms with Crippen LogP contribution in [0.15, 0.2) is 60.7 Å². The second-order valence-electron chi connectivity index (χ2n) is 10.8. The zero-order valence-corrected chi connectivity index (χ0v) is 25.7. The number of ether oxygens (including phenoxy) is 2. The van der Waals surface area contributed by atoms with Crippen LogP contribution in [0.5, 0.6) is 11.5 Å².